The number of benzene rings is 1. The average Bonchev–Trinajstić information content (AvgIpc) is 2.69. The third-order valence-electron chi connectivity index (χ3n) is 4.81. The van der Waals surface area contributed by atoms with Crippen LogP contribution in [0, 0.1) is 0 Å². The third kappa shape index (κ3) is 4.94. The van der Waals surface area contributed by atoms with Crippen LogP contribution >= 0.6 is 0 Å². The van der Waals surface area contributed by atoms with Crippen molar-refractivity contribution in [2.75, 3.05) is 17.2 Å². The molecule has 0 aliphatic heterocycles. The minimum atomic E-state index is -0.128. The summed E-state index contributed by atoms with van der Waals surface area (Å²) < 4.78 is 0. The number of rotatable bonds is 7. The van der Waals surface area contributed by atoms with E-state index in [4.69, 9.17) is 0 Å². The summed E-state index contributed by atoms with van der Waals surface area (Å²) in [5.74, 6) is -0.128. The van der Waals surface area contributed by atoms with Gasteiger partial charge >= 0.3 is 0 Å². The van der Waals surface area contributed by atoms with Gasteiger partial charge in [0.2, 0.25) is 0 Å². The number of aromatic nitrogens is 1. The molecule has 1 aliphatic rings. The Bertz CT molecular complexity index is 782. The van der Waals surface area contributed by atoms with Gasteiger partial charge in [0.25, 0.3) is 5.91 Å². The van der Waals surface area contributed by atoms with Gasteiger partial charge in [0.05, 0.1) is 11.3 Å². The molecule has 0 saturated carbocycles. The molecule has 0 atom stereocenters. The Balaban J connectivity index is 1.59. The van der Waals surface area contributed by atoms with E-state index in [1.807, 2.05) is 30.3 Å². The normalized spacial score (nSPS) is 13.8. The topological polar surface area (TPSA) is 54.0 Å². The first-order chi connectivity index (χ1) is 12.8. The number of carbonyl (C=O) groups excluding carboxylic acids is 1. The summed E-state index contributed by atoms with van der Waals surface area (Å²) in [6.07, 6.45) is 12.8. The molecule has 4 heteroatoms. The molecule has 0 fully saturated rings. The maximum Gasteiger partial charge on any atom is 0.257 e. The highest BCUT2D eigenvalue weighted by molar-refractivity contribution is 6.04. The number of anilines is 2. The molecule has 1 amide bonds. The van der Waals surface area contributed by atoms with Crippen LogP contribution in [-0.4, -0.2) is 17.4 Å². The van der Waals surface area contributed by atoms with Gasteiger partial charge in [-0.3, -0.25) is 9.78 Å². The fourth-order valence-corrected chi connectivity index (χ4v) is 3.30. The average molecular weight is 349 g/mol. The first-order valence-electron chi connectivity index (χ1n) is 9.52. The van der Waals surface area contributed by atoms with Crippen molar-refractivity contribution in [2.24, 2.45) is 0 Å². The van der Waals surface area contributed by atoms with Crippen LogP contribution in [0.2, 0.25) is 0 Å². The summed E-state index contributed by atoms with van der Waals surface area (Å²) in [4.78, 5) is 16.8. The van der Waals surface area contributed by atoms with Crippen molar-refractivity contribution in [1.82, 2.24) is 4.98 Å². The molecule has 2 aromatic rings. The fraction of sp³-hybridized carbons (Fsp3) is 0.364. The van der Waals surface area contributed by atoms with E-state index >= 15 is 0 Å². The van der Waals surface area contributed by atoms with Crippen molar-refractivity contribution in [1.29, 1.82) is 0 Å². The van der Waals surface area contributed by atoms with Crippen LogP contribution in [0.5, 0.6) is 0 Å². The number of amides is 1. The van der Waals surface area contributed by atoms with E-state index in [2.05, 4.69) is 28.6 Å². The second-order valence-corrected chi connectivity index (χ2v) is 6.71. The van der Waals surface area contributed by atoms with Crippen molar-refractivity contribution in [3.63, 3.8) is 0 Å². The number of nitrogens with one attached hydrogen (secondary N) is 2. The molecule has 0 unspecified atom stereocenters. The highest BCUT2D eigenvalue weighted by Gasteiger charge is 2.10. The molecule has 3 rings (SSSR count). The second-order valence-electron chi connectivity index (χ2n) is 6.71. The molecule has 26 heavy (non-hydrogen) atoms. The van der Waals surface area contributed by atoms with Gasteiger partial charge in [-0.05, 0) is 56.2 Å². The van der Waals surface area contributed by atoms with Crippen LogP contribution in [0.4, 0.5) is 11.4 Å². The number of hydrogen-bond acceptors (Lipinski definition) is 3. The molecule has 0 radical (unpaired) electrons. The summed E-state index contributed by atoms with van der Waals surface area (Å²) in [5.41, 5.74) is 4.99. The molecular formula is C22H27N3O. The lowest BCUT2D eigenvalue weighted by molar-refractivity contribution is 0.102. The third-order valence-corrected chi connectivity index (χ3v) is 4.81. The van der Waals surface area contributed by atoms with Gasteiger partial charge in [0, 0.05) is 24.6 Å². The summed E-state index contributed by atoms with van der Waals surface area (Å²) in [7, 11) is 0. The zero-order chi connectivity index (χ0) is 18.2. The van der Waals surface area contributed by atoms with E-state index in [1.165, 1.54) is 25.7 Å². The molecule has 1 aliphatic carbocycles. The van der Waals surface area contributed by atoms with Gasteiger partial charge in [-0.25, -0.2) is 0 Å². The highest BCUT2D eigenvalue weighted by Crippen LogP contribution is 2.20. The Morgan fingerprint density at radius 3 is 2.88 bits per heavy atom. The Labute approximate surface area is 155 Å². The number of para-hydroxylation sites is 1. The van der Waals surface area contributed by atoms with Gasteiger partial charge in [0.1, 0.15) is 0 Å². The summed E-state index contributed by atoms with van der Waals surface area (Å²) in [6, 6.07) is 9.76. The summed E-state index contributed by atoms with van der Waals surface area (Å²) in [5, 5.41) is 6.39. The molecule has 136 valence electrons. The van der Waals surface area contributed by atoms with Crippen LogP contribution in [0.1, 0.15) is 54.9 Å². The van der Waals surface area contributed by atoms with Gasteiger partial charge in [-0.1, -0.05) is 36.8 Å². The van der Waals surface area contributed by atoms with E-state index in [-0.39, 0.29) is 5.91 Å². The van der Waals surface area contributed by atoms with Crippen molar-refractivity contribution >= 4 is 17.3 Å². The predicted molar refractivity (Wildman–Crippen MR) is 108 cm³/mol. The maximum atomic E-state index is 12.6. The number of carbonyl (C=O) groups is 1. The fourth-order valence-electron chi connectivity index (χ4n) is 3.30. The summed E-state index contributed by atoms with van der Waals surface area (Å²) in [6.45, 7) is 2.95. The number of allylic oxidation sites excluding steroid dienone is 1. The zero-order valence-electron chi connectivity index (χ0n) is 15.4. The number of pyridine rings is 1. The SMILES string of the molecule is CCc1ccccc1NC(=O)c1cncc(NCCC2=CCCCC2)c1. The Kier molecular flexibility index (Phi) is 6.42. The van der Waals surface area contributed by atoms with E-state index in [1.54, 1.807) is 18.0 Å². The minimum absolute atomic E-state index is 0.128. The lowest BCUT2D eigenvalue weighted by Gasteiger charge is -2.14. The van der Waals surface area contributed by atoms with Crippen molar-refractivity contribution in [2.45, 2.75) is 45.4 Å². The molecular weight excluding hydrogens is 322 g/mol. The van der Waals surface area contributed by atoms with Crippen molar-refractivity contribution in [3.8, 4) is 0 Å². The highest BCUT2D eigenvalue weighted by atomic mass is 16.1. The van der Waals surface area contributed by atoms with Crippen LogP contribution in [0.3, 0.4) is 0 Å². The lowest BCUT2D eigenvalue weighted by atomic mass is 9.97. The molecule has 0 spiro atoms. The van der Waals surface area contributed by atoms with Gasteiger partial charge in [-0.2, -0.15) is 0 Å². The van der Waals surface area contributed by atoms with Gasteiger partial charge in [0.15, 0.2) is 0 Å². The monoisotopic (exact) mass is 349 g/mol. The van der Waals surface area contributed by atoms with Crippen molar-refractivity contribution < 1.29 is 4.79 Å². The molecule has 1 aromatic carbocycles. The maximum absolute atomic E-state index is 12.6. The molecule has 0 saturated heterocycles. The van der Waals surface area contributed by atoms with E-state index in [9.17, 15) is 4.79 Å². The predicted octanol–water partition coefficient (Wildman–Crippen LogP) is 5.20. The largest absolute Gasteiger partial charge is 0.383 e. The smallest absolute Gasteiger partial charge is 0.257 e. The molecule has 4 nitrogen and oxygen atoms in total. The quantitative estimate of drug-likeness (QED) is 0.676. The second kappa shape index (κ2) is 9.18. The number of hydrogen-bond donors (Lipinski definition) is 2. The van der Waals surface area contributed by atoms with Gasteiger partial charge < -0.3 is 10.6 Å². The standard InChI is InChI=1S/C22H27N3O/c1-2-18-10-6-7-11-21(18)25-22(26)19-14-20(16-23-15-19)24-13-12-17-8-4-3-5-9-17/h6-8,10-11,14-16,24H,2-5,9,12-13H2,1H3,(H,25,26). The van der Waals surface area contributed by atoms with E-state index < -0.39 is 0 Å². The first-order valence-corrected chi connectivity index (χ1v) is 9.52. The number of aryl methyl sites for hydroxylation is 1. The molecule has 2 N–H and O–H groups in total. The van der Waals surface area contributed by atoms with Gasteiger partial charge in [-0.15, -0.1) is 0 Å². The van der Waals surface area contributed by atoms with Crippen LogP contribution in [0.25, 0.3) is 0 Å². The van der Waals surface area contributed by atoms with Crippen LogP contribution in [-0.2, 0) is 6.42 Å². The Hall–Kier alpha value is -2.62. The number of nitrogens with zero attached hydrogens (tertiary/aromatic N) is 1. The minimum Gasteiger partial charge on any atom is -0.383 e. The first kappa shape index (κ1) is 18.2. The van der Waals surface area contributed by atoms with E-state index in [0.29, 0.717) is 5.56 Å². The zero-order valence-corrected chi connectivity index (χ0v) is 15.4. The molecule has 1 heterocycles. The van der Waals surface area contributed by atoms with E-state index in [0.717, 1.165) is 36.3 Å². The Morgan fingerprint density at radius 2 is 2.08 bits per heavy atom. The lowest BCUT2D eigenvalue weighted by Crippen LogP contribution is -2.14. The van der Waals surface area contributed by atoms with Crippen LogP contribution < -0.4 is 10.6 Å². The Morgan fingerprint density at radius 1 is 1.19 bits per heavy atom. The molecule has 1 aromatic heterocycles. The van der Waals surface area contributed by atoms with Crippen molar-refractivity contribution in [3.05, 3.63) is 65.5 Å². The molecule has 0 bridgehead atoms. The summed E-state index contributed by atoms with van der Waals surface area (Å²) >= 11 is 0. The van der Waals surface area contributed by atoms with Crippen LogP contribution in [0.15, 0.2) is 54.4 Å².